The van der Waals surface area contributed by atoms with Crippen LogP contribution >= 0.6 is 0 Å². The number of hydrogen-bond donors (Lipinski definition) is 1. The van der Waals surface area contributed by atoms with Gasteiger partial charge in [0.05, 0.1) is 36.9 Å². The second-order valence-electron chi connectivity index (χ2n) is 7.19. The number of esters is 1. The number of nitrogens with one attached hydrogen (secondary N) is 1. The Morgan fingerprint density at radius 3 is 2.26 bits per heavy atom. The molecule has 0 spiro atoms. The van der Waals surface area contributed by atoms with E-state index in [9.17, 15) is 18.0 Å². The molecular weight excluding hydrogens is 464 g/mol. The fourth-order valence-electron chi connectivity index (χ4n) is 3.24. The minimum Gasteiger partial charge on any atom is -0.490 e. The summed E-state index contributed by atoms with van der Waals surface area (Å²) in [5.41, 5.74) is 0.596. The summed E-state index contributed by atoms with van der Waals surface area (Å²) < 4.78 is 47.9. The van der Waals surface area contributed by atoms with Crippen molar-refractivity contribution in [3.63, 3.8) is 0 Å². The number of benzene rings is 2. The zero-order valence-electron chi connectivity index (χ0n) is 19.1. The van der Waals surface area contributed by atoms with E-state index < -0.39 is 28.5 Å². The predicted octanol–water partition coefficient (Wildman–Crippen LogP) is 2.30. The van der Waals surface area contributed by atoms with E-state index in [-0.39, 0.29) is 10.5 Å². The van der Waals surface area contributed by atoms with Gasteiger partial charge < -0.3 is 24.3 Å². The normalized spacial score (nSPS) is 14.3. The Morgan fingerprint density at radius 1 is 0.971 bits per heavy atom. The molecular formula is C23H28N2O8S. The van der Waals surface area contributed by atoms with Crippen LogP contribution in [0.3, 0.4) is 0 Å². The standard InChI is InChI=1S/C23H28N2O8S/c1-3-31-20-10-5-17(15-21(20)32-4-2)23(27)33-16-22(26)24-18-6-8-19(9-7-18)34(28,29)25-11-13-30-14-12-25/h5-10,15H,3-4,11-14,16H2,1-2H3,(H,24,26). The predicted molar refractivity (Wildman–Crippen MR) is 124 cm³/mol. The molecule has 2 aromatic carbocycles. The van der Waals surface area contributed by atoms with Gasteiger partial charge in [-0.2, -0.15) is 4.31 Å². The summed E-state index contributed by atoms with van der Waals surface area (Å²) in [6, 6.07) is 10.4. The van der Waals surface area contributed by atoms with Crippen LogP contribution < -0.4 is 14.8 Å². The summed E-state index contributed by atoms with van der Waals surface area (Å²) in [5.74, 6) is -0.327. The molecule has 2 aromatic rings. The lowest BCUT2D eigenvalue weighted by Crippen LogP contribution is -2.40. The average Bonchev–Trinajstić information content (AvgIpc) is 2.85. The third-order valence-electron chi connectivity index (χ3n) is 4.86. The van der Waals surface area contributed by atoms with Crippen LogP contribution in [-0.4, -0.2) is 70.7 Å². The summed E-state index contributed by atoms with van der Waals surface area (Å²) in [6.45, 7) is 5.30. The molecule has 184 valence electrons. The quantitative estimate of drug-likeness (QED) is 0.502. The summed E-state index contributed by atoms with van der Waals surface area (Å²) >= 11 is 0. The molecule has 0 aromatic heterocycles. The van der Waals surface area contributed by atoms with E-state index in [1.54, 1.807) is 6.07 Å². The van der Waals surface area contributed by atoms with Crippen LogP contribution in [-0.2, 0) is 24.3 Å². The van der Waals surface area contributed by atoms with Gasteiger partial charge in [-0.25, -0.2) is 13.2 Å². The van der Waals surface area contributed by atoms with E-state index >= 15 is 0 Å². The van der Waals surface area contributed by atoms with Crippen LogP contribution in [0.1, 0.15) is 24.2 Å². The van der Waals surface area contributed by atoms with E-state index in [1.807, 2.05) is 13.8 Å². The van der Waals surface area contributed by atoms with Crippen molar-refractivity contribution in [2.45, 2.75) is 18.7 Å². The van der Waals surface area contributed by atoms with Crippen LogP contribution in [0.5, 0.6) is 11.5 Å². The van der Waals surface area contributed by atoms with Crippen molar-refractivity contribution in [2.75, 3.05) is 51.4 Å². The number of ether oxygens (including phenoxy) is 4. The van der Waals surface area contributed by atoms with Crippen LogP contribution in [0.4, 0.5) is 5.69 Å². The molecule has 0 bridgehead atoms. The Bertz CT molecular complexity index is 1100. The highest BCUT2D eigenvalue weighted by molar-refractivity contribution is 7.89. The molecule has 1 fully saturated rings. The maximum Gasteiger partial charge on any atom is 0.338 e. The Balaban J connectivity index is 1.55. The van der Waals surface area contributed by atoms with E-state index in [0.717, 1.165) is 0 Å². The van der Waals surface area contributed by atoms with Gasteiger partial charge in [-0.1, -0.05) is 0 Å². The number of anilines is 1. The number of carbonyl (C=O) groups is 2. The Hall–Kier alpha value is -3.15. The van der Waals surface area contributed by atoms with Crippen LogP contribution in [0.2, 0.25) is 0 Å². The average molecular weight is 493 g/mol. The molecule has 34 heavy (non-hydrogen) atoms. The van der Waals surface area contributed by atoms with Gasteiger partial charge in [-0.15, -0.1) is 0 Å². The maximum atomic E-state index is 12.7. The van der Waals surface area contributed by atoms with Crippen molar-refractivity contribution >= 4 is 27.6 Å². The van der Waals surface area contributed by atoms with E-state index in [2.05, 4.69) is 5.32 Å². The van der Waals surface area contributed by atoms with Crippen molar-refractivity contribution in [1.82, 2.24) is 4.31 Å². The minimum absolute atomic E-state index is 0.124. The molecule has 10 nitrogen and oxygen atoms in total. The molecule has 0 saturated carbocycles. The van der Waals surface area contributed by atoms with E-state index in [4.69, 9.17) is 18.9 Å². The van der Waals surface area contributed by atoms with Crippen molar-refractivity contribution < 1.29 is 37.0 Å². The molecule has 0 atom stereocenters. The highest BCUT2D eigenvalue weighted by Gasteiger charge is 2.26. The van der Waals surface area contributed by atoms with Gasteiger partial charge in [0.1, 0.15) is 0 Å². The first-order chi connectivity index (χ1) is 16.3. The fourth-order valence-corrected chi connectivity index (χ4v) is 4.64. The van der Waals surface area contributed by atoms with Crippen LogP contribution in [0.25, 0.3) is 0 Å². The summed E-state index contributed by atoms with van der Waals surface area (Å²) in [5, 5.41) is 2.58. The van der Waals surface area contributed by atoms with Gasteiger partial charge in [0.25, 0.3) is 5.91 Å². The van der Waals surface area contributed by atoms with Crippen molar-refractivity contribution in [3.05, 3.63) is 48.0 Å². The molecule has 0 unspecified atom stereocenters. The molecule has 1 heterocycles. The lowest BCUT2D eigenvalue weighted by Gasteiger charge is -2.26. The van der Waals surface area contributed by atoms with E-state index in [1.165, 1.54) is 40.7 Å². The maximum absolute atomic E-state index is 12.7. The molecule has 0 aliphatic carbocycles. The first kappa shape index (κ1) is 25.5. The number of morpholine rings is 1. The van der Waals surface area contributed by atoms with Gasteiger partial charge in [-0.3, -0.25) is 4.79 Å². The van der Waals surface area contributed by atoms with Gasteiger partial charge in [0.15, 0.2) is 18.1 Å². The van der Waals surface area contributed by atoms with Crippen molar-refractivity contribution in [3.8, 4) is 11.5 Å². The zero-order valence-corrected chi connectivity index (χ0v) is 19.9. The zero-order chi connectivity index (χ0) is 24.6. The molecule has 0 radical (unpaired) electrons. The number of sulfonamides is 1. The first-order valence-electron chi connectivity index (χ1n) is 10.9. The van der Waals surface area contributed by atoms with Gasteiger partial charge in [-0.05, 0) is 56.3 Å². The Morgan fingerprint density at radius 2 is 1.62 bits per heavy atom. The smallest absolute Gasteiger partial charge is 0.338 e. The largest absolute Gasteiger partial charge is 0.490 e. The number of hydrogen-bond acceptors (Lipinski definition) is 8. The number of rotatable bonds is 10. The summed E-state index contributed by atoms with van der Waals surface area (Å²) in [4.78, 5) is 24.7. The molecule has 1 saturated heterocycles. The highest BCUT2D eigenvalue weighted by Crippen LogP contribution is 2.29. The molecule has 3 rings (SSSR count). The summed E-state index contributed by atoms with van der Waals surface area (Å²) in [7, 11) is -3.62. The minimum atomic E-state index is -3.62. The van der Waals surface area contributed by atoms with Crippen molar-refractivity contribution in [2.24, 2.45) is 0 Å². The molecule has 1 aliphatic rings. The molecule has 1 amide bonds. The fraction of sp³-hybridized carbons (Fsp3) is 0.391. The van der Waals surface area contributed by atoms with Gasteiger partial charge in [0, 0.05) is 18.8 Å². The number of carbonyl (C=O) groups excluding carboxylic acids is 2. The van der Waals surface area contributed by atoms with Crippen molar-refractivity contribution in [1.29, 1.82) is 0 Å². The second kappa shape index (κ2) is 11.8. The second-order valence-corrected chi connectivity index (χ2v) is 9.13. The number of amides is 1. The topological polar surface area (TPSA) is 120 Å². The highest BCUT2D eigenvalue weighted by atomic mass is 32.2. The van der Waals surface area contributed by atoms with Crippen LogP contribution in [0, 0.1) is 0 Å². The van der Waals surface area contributed by atoms with E-state index in [0.29, 0.717) is 56.7 Å². The Labute approximate surface area is 198 Å². The monoisotopic (exact) mass is 492 g/mol. The van der Waals surface area contributed by atoms with Gasteiger partial charge in [0.2, 0.25) is 10.0 Å². The Kier molecular flexibility index (Phi) is 8.85. The first-order valence-corrected chi connectivity index (χ1v) is 12.3. The molecule has 1 aliphatic heterocycles. The van der Waals surface area contributed by atoms with Crippen LogP contribution in [0.15, 0.2) is 47.4 Å². The lowest BCUT2D eigenvalue weighted by atomic mass is 10.2. The third kappa shape index (κ3) is 6.46. The summed E-state index contributed by atoms with van der Waals surface area (Å²) in [6.07, 6.45) is 0. The molecule has 11 heteroatoms. The lowest BCUT2D eigenvalue weighted by molar-refractivity contribution is -0.119. The SMILES string of the molecule is CCOc1ccc(C(=O)OCC(=O)Nc2ccc(S(=O)(=O)N3CCOCC3)cc2)cc1OCC. The number of nitrogens with zero attached hydrogens (tertiary/aromatic N) is 1. The third-order valence-corrected chi connectivity index (χ3v) is 6.77. The molecule has 1 N–H and O–H groups in total. The van der Waals surface area contributed by atoms with Gasteiger partial charge >= 0.3 is 5.97 Å².